The smallest absolute Gasteiger partial charge is 0.243 e. The van der Waals surface area contributed by atoms with E-state index in [1.807, 2.05) is 24.3 Å². The minimum absolute atomic E-state index is 0.0478. The molecule has 3 rings (SSSR count). The van der Waals surface area contributed by atoms with Gasteiger partial charge in [0, 0.05) is 17.1 Å². The highest BCUT2D eigenvalue weighted by Gasteiger charge is 2.43. The largest absolute Gasteiger partial charge is 0.347 e. The van der Waals surface area contributed by atoms with Gasteiger partial charge in [-0.3, -0.25) is 14.7 Å². The zero-order valence-corrected chi connectivity index (χ0v) is 12.4. The number of benzene rings is 1. The number of halogens is 1. The van der Waals surface area contributed by atoms with Gasteiger partial charge in [-0.15, -0.1) is 0 Å². The highest BCUT2D eigenvalue weighted by atomic mass is 35.5. The zero-order valence-electron chi connectivity index (χ0n) is 11.7. The fourth-order valence-electron chi connectivity index (χ4n) is 2.39. The summed E-state index contributed by atoms with van der Waals surface area (Å²) in [6.45, 7) is -0.0478. The van der Waals surface area contributed by atoms with Crippen LogP contribution in [0.5, 0.6) is 0 Å². The van der Waals surface area contributed by atoms with E-state index in [-0.39, 0.29) is 30.2 Å². The number of aromatic nitrogens is 2. The van der Waals surface area contributed by atoms with Gasteiger partial charge in [-0.2, -0.15) is 5.10 Å². The van der Waals surface area contributed by atoms with Crippen molar-refractivity contribution in [3.63, 3.8) is 0 Å². The van der Waals surface area contributed by atoms with Crippen molar-refractivity contribution in [2.24, 2.45) is 5.92 Å². The van der Waals surface area contributed by atoms with E-state index < -0.39 is 0 Å². The summed E-state index contributed by atoms with van der Waals surface area (Å²) in [7, 11) is 0. The van der Waals surface area contributed by atoms with E-state index in [1.165, 1.54) is 6.20 Å². The molecular formula is C15H15ClN4O2. The van der Waals surface area contributed by atoms with Gasteiger partial charge in [0.15, 0.2) is 0 Å². The van der Waals surface area contributed by atoms with Gasteiger partial charge in [-0.05, 0) is 30.0 Å². The molecule has 2 atom stereocenters. The number of aromatic amines is 1. The standard InChI is InChI=1S/C15H15ClN4O2/c16-10-3-1-9(2-4-10)12-5-13(12)15(22)17-8-14(21)20-11-6-18-19-7-11/h1-4,6-7,12-13H,5,8H2,(H,17,22)(H,18,19)(H,20,21). The first-order valence-electron chi connectivity index (χ1n) is 6.95. The number of nitrogens with zero attached hydrogens (tertiary/aromatic N) is 1. The number of carbonyl (C=O) groups excluding carboxylic acids is 2. The molecule has 1 saturated carbocycles. The minimum atomic E-state index is -0.279. The molecule has 0 spiro atoms. The number of hydrogen-bond acceptors (Lipinski definition) is 3. The van der Waals surface area contributed by atoms with E-state index >= 15 is 0 Å². The molecule has 6 nitrogen and oxygen atoms in total. The van der Waals surface area contributed by atoms with Gasteiger partial charge in [-0.25, -0.2) is 0 Å². The lowest BCUT2D eigenvalue weighted by Crippen LogP contribution is -2.34. The van der Waals surface area contributed by atoms with E-state index in [2.05, 4.69) is 20.8 Å². The van der Waals surface area contributed by atoms with Crippen molar-refractivity contribution in [3.05, 3.63) is 47.2 Å². The Balaban J connectivity index is 1.45. The Morgan fingerprint density at radius 3 is 2.77 bits per heavy atom. The second-order valence-corrected chi connectivity index (χ2v) is 5.69. The number of hydrogen-bond donors (Lipinski definition) is 3. The van der Waals surface area contributed by atoms with Crippen LogP contribution >= 0.6 is 11.6 Å². The zero-order chi connectivity index (χ0) is 15.5. The molecule has 2 aromatic rings. The second kappa shape index (κ2) is 6.19. The summed E-state index contributed by atoms with van der Waals surface area (Å²) in [5.41, 5.74) is 1.68. The van der Waals surface area contributed by atoms with Crippen LogP contribution in [0.1, 0.15) is 17.9 Å². The molecule has 1 heterocycles. The first-order chi connectivity index (χ1) is 10.6. The molecule has 3 N–H and O–H groups in total. The van der Waals surface area contributed by atoms with Gasteiger partial charge in [-0.1, -0.05) is 23.7 Å². The lowest BCUT2D eigenvalue weighted by atomic mass is 10.1. The lowest BCUT2D eigenvalue weighted by molar-refractivity contribution is -0.125. The molecule has 0 aliphatic heterocycles. The van der Waals surface area contributed by atoms with Crippen LogP contribution in [0.3, 0.4) is 0 Å². The number of anilines is 1. The van der Waals surface area contributed by atoms with Gasteiger partial charge < -0.3 is 10.6 Å². The van der Waals surface area contributed by atoms with Crippen LogP contribution in [0.4, 0.5) is 5.69 Å². The Kier molecular flexibility index (Phi) is 4.11. The fourth-order valence-corrected chi connectivity index (χ4v) is 2.51. The van der Waals surface area contributed by atoms with Crippen molar-refractivity contribution in [3.8, 4) is 0 Å². The number of rotatable bonds is 5. The molecule has 1 aromatic heterocycles. The Labute approximate surface area is 132 Å². The van der Waals surface area contributed by atoms with Crippen LogP contribution in [0.2, 0.25) is 5.02 Å². The normalized spacial score (nSPS) is 19.5. The van der Waals surface area contributed by atoms with E-state index in [0.29, 0.717) is 10.7 Å². The first kappa shape index (κ1) is 14.6. The summed E-state index contributed by atoms with van der Waals surface area (Å²) >= 11 is 5.85. The summed E-state index contributed by atoms with van der Waals surface area (Å²) in [6, 6.07) is 7.52. The highest BCUT2D eigenvalue weighted by Crippen LogP contribution is 2.47. The maximum absolute atomic E-state index is 12.0. The Hall–Kier alpha value is -2.34. The van der Waals surface area contributed by atoms with Crippen molar-refractivity contribution in [2.75, 3.05) is 11.9 Å². The van der Waals surface area contributed by atoms with E-state index in [9.17, 15) is 9.59 Å². The molecule has 114 valence electrons. The molecule has 0 radical (unpaired) electrons. The summed E-state index contributed by atoms with van der Waals surface area (Å²) in [5.74, 6) is -0.224. The third-order valence-corrected chi connectivity index (χ3v) is 3.88. The average Bonchev–Trinajstić information content (AvgIpc) is 3.15. The second-order valence-electron chi connectivity index (χ2n) is 5.25. The molecule has 1 aliphatic rings. The van der Waals surface area contributed by atoms with Gasteiger partial charge in [0.25, 0.3) is 0 Å². The molecule has 1 aliphatic carbocycles. The number of carbonyl (C=O) groups is 2. The van der Waals surface area contributed by atoms with Crippen molar-refractivity contribution < 1.29 is 9.59 Å². The minimum Gasteiger partial charge on any atom is -0.347 e. The van der Waals surface area contributed by atoms with Crippen molar-refractivity contribution >= 4 is 29.1 Å². The maximum Gasteiger partial charge on any atom is 0.243 e. The summed E-state index contributed by atoms with van der Waals surface area (Å²) in [4.78, 5) is 23.7. The monoisotopic (exact) mass is 318 g/mol. The lowest BCUT2D eigenvalue weighted by Gasteiger charge is -2.05. The molecule has 2 amide bonds. The molecule has 0 saturated heterocycles. The van der Waals surface area contributed by atoms with Gasteiger partial charge >= 0.3 is 0 Å². The van der Waals surface area contributed by atoms with Crippen molar-refractivity contribution in [1.82, 2.24) is 15.5 Å². The van der Waals surface area contributed by atoms with Crippen LogP contribution in [0.15, 0.2) is 36.7 Å². The Bertz CT molecular complexity index is 669. The quantitative estimate of drug-likeness (QED) is 0.787. The predicted octanol–water partition coefficient (Wildman–Crippen LogP) is 1.92. The van der Waals surface area contributed by atoms with Crippen LogP contribution in [0, 0.1) is 5.92 Å². The summed E-state index contributed by atoms with van der Waals surface area (Å²) < 4.78 is 0. The topological polar surface area (TPSA) is 86.9 Å². The molecule has 1 fully saturated rings. The average molecular weight is 319 g/mol. The SMILES string of the molecule is O=C(CNC(=O)C1CC1c1ccc(Cl)cc1)Nc1cn[nH]c1. The van der Waals surface area contributed by atoms with Crippen molar-refractivity contribution in [1.29, 1.82) is 0 Å². The molecule has 2 unspecified atom stereocenters. The van der Waals surface area contributed by atoms with Crippen molar-refractivity contribution in [2.45, 2.75) is 12.3 Å². The molecule has 7 heteroatoms. The number of H-pyrrole nitrogens is 1. The Morgan fingerprint density at radius 1 is 1.32 bits per heavy atom. The molecule has 1 aromatic carbocycles. The van der Waals surface area contributed by atoms with Gasteiger partial charge in [0.05, 0.1) is 18.4 Å². The van der Waals surface area contributed by atoms with Gasteiger partial charge in [0.2, 0.25) is 11.8 Å². The van der Waals surface area contributed by atoms with E-state index in [4.69, 9.17) is 11.6 Å². The number of amides is 2. The third-order valence-electron chi connectivity index (χ3n) is 3.63. The molecule has 0 bridgehead atoms. The van der Waals surface area contributed by atoms with Gasteiger partial charge in [0.1, 0.15) is 0 Å². The van der Waals surface area contributed by atoms with Crippen LogP contribution in [-0.4, -0.2) is 28.6 Å². The Morgan fingerprint density at radius 2 is 2.09 bits per heavy atom. The van der Waals surface area contributed by atoms with Crippen LogP contribution in [-0.2, 0) is 9.59 Å². The predicted molar refractivity (Wildman–Crippen MR) is 82.5 cm³/mol. The molecular weight excluding hydrogens is 304 g/mol. The fraction of sp³-hybridized carbons (Fsp3) is 0.267. The molecule has 22 heavy (non-hydrogen) atoms. The number of nitrogens with one attached hydrogen (secondary N) is 3. The van der Waals surface area contributed by atoms with E-state index in [0.717, 1.165) is 12.0 Å². The highest BCUT2D eigenvalue weighted by molar-refractivity contribution is 6.30. The van der Waals surface area contributed by atoms with Crippen LogP contribution in [0.25, 0.3) is 0 Å². The van der Waals surface area contributed by atoms with E-state index in [1.54, 1.807) is 6.20 Å². The first-order valence-corrected chi connectivity index (χ1v) is 7.33. The third kappa shape index (κ3) is 3.46. The van der Waals surface area contributed by atoms with Crippen LogP contribution < -0.4 is 10.6 Å². The summed E-state index contributed by atoms with van der Waals surface area (Å²) in [6.07, 6.45) is 3.87. The maximum atomic E-state index is 12.0. The summed E-state index contributed by atoms with van der Waals surface area (Å²) in [5, 5.41) is 12.3.